The second-order valence-electron chi connectivity index (χ2n) is 5.43. The molecule has 0 fully saturated rings. The monoisotopic (exact) mass is 373 g/mol. The summed E-state index contributed by atoms with van der Waals surface area (Å²) in [6.07, 6.45) is 4.27. The molecule has 0 radical (unpaired) electrons. The molecular formula is C15H11N5O3S2. The lowest BCUT2D eigenvalue weighted by Crippen LogP contribution is -2.16. The van der Waals surface area contributed by atoms with E-state index in [1.165, 1.54) is 4.52 Å². The zero-order valence-electron chi connectivity index (χ0n) is 12.9. The van der Waals surface area contributed by atoms with Crippen molar-refractivity contribution < 1.29 is 8.42 Å². The minimum atomic E-state index is -3.52. The molecule has 3 aromatic rings. The highest BCUT2D eigenvalue weighted by atomic mass is 32.2. The molecule has 10 heteroatoms. The van der Waals surface area contributed by atoms with Gasteiger partial charge in [0.15, 0.2) is 0 Å². The Kier molecular flexibility index (Phi) is 3.34. The van der Waals surface area contributed by atoms with Crippen molar-refractivity contribution in [3.63, 3.8) is 0 Å². The van der Waals surface area contributed by atoms with Crippen molar-refractivity contribution in [3.05, 3.63) is 45.7 Å². The van der Waals surface area contributed by atoms with Gasteiger partial charge in [0, 0.05) is 23.6 Å². The zero-order valence-corrected chi connectivity index (χ0v) is 14.5. The van der Waals surface area contributed by atoms with Crippen LogP contribution in [0, 0.1) is 0 Å². The molecular weight excluding hydrogens is 362 g/mol. The average Bonchev–Trinajstić information content (AvgIpc) is 3.15. The van der Waals surface area contributed by atoms with Gasteiger partial charge in [0.1, 0.15) is 5.82 Å². The summed E-state index contributed by atoms with van der Waals surface area (Å²) in [5.74, 6) is 0.0337. The Hall–Kier alpha value is -2.85. The zero-order chi connectivity index (χ0) is 17.8. The first-order chi connectivity index (χ1) is 11.8. The van der Waals surface area contributed by atoms with Crippen LogP contribution in [0.3, 0.4) is 0 Å². The summed E-state index contributed by atoms with van der Waals surface area (Å²) in [6.45, 7) is 0. The van der Waals surface area contributed by atoms with Crippen molar-refractivity contribution in [3.8, 4) is 0 Å². The fourth-order valence-corrected chi connectivity index (χ4v) is 4.15. The molecule has 0 unspecified atom stereocenters. The lowest BCUT2D eigenvalue weighted by Gasteiger charge is -2.03. The predicted molar refractivity (Wildman–Crippen MR) is 97.1 cm³/mol. The van der Waals surface area contributed by atoms with Crippen LogP contribution >= 0.6 is 11.3 Å². The van der Waals surface area contributed by atoms with E-state index >= 15 is 0 Å². The van der Waals surface area contributed by atoms with Crippen molar-refractivity contribution in [2.45, 2.75) is 4.34 Å². The molecule has 0 atom stereocenters. The van der Waals surface area contributed by atoms with Gasteiger partial charge in [0.05, 0.1) is 11.3 Å². The molecule has 8 nitrogen and oxygen atoms in total. The third kappa shape index (κ3) is 2.55. The lowest BCUT2D eigenvalue weighted by molar-refractivity contribution is 0.599. The Bertz CT molecular complexity index is 1250. The highest BCUT2D eigenvalue weighted by Gasteiger charge is 2.19. The molecule has 1 aliphatic rings. The number of hydrogen-bond donors (Lipinski definition) is 1. The van der Waals surface area contributed by atoms with Gasteiger partial charge in [-0.15, -0.1) is 5.10 Å². The molecule has 4 rings (SSSR count). The number of rotatable bonds is 2. The van der Waals surface area contributed by atoms with Gasteiger partial charge in [-0.1, -0.05) is 29.5 Å². The van der Waals surface area contributed by atoms with Crippen LogP contribution in [0.4, 0.5) is 11.5 Å². The van der Waals surface area contributed by atoms with Crippen LogP contribution in [0.15, 0.2) is 38.4 Å². The number of aromatic nitrogens is 3. The fraction of sp³-hybridized carbons (Fsp3) is 0.0667. The molecule has 0 spiro atoms. The SMILES string of the molecule is CS(=O)(=O)c1nn2c(N)c(C=C3C=Nc4ccccc43)c(=O)nc2s1. The molecule has 2 N–H and O–H groups in total. The summed E-state index contributed by atoms with van der Waals surface area (Å²) in [7, 11) is -3.52. The lowest BCUT2D eigenvalue weighted by atomic mass is 10.1. The number of para-hydroxylation sites is 1. The number of hydrogen-bond acceptors (Lipinski definition) is 8. The Morgan fingerprint density at radius 2 is 2.04 bits per heavy atom. The standard InChI is InChI=1S/C15H11N5O3S2/c1-25(22,23)15-19-20-12(16)10(13(21)18-14(20)24-15)6-8-7-17-11-5-3-2-4-9(8)11/h2-7H,16H2,1H3. The maximum Gasteiger partial charge on any atom is 0.283 e. The number of nitrogens with zero attached hydrogens (tertiary/aromatic N) is 4. The van der Waals surface area contributed by atoms with Crippen molar-refractivity contribution in [2.75, 3.05) is 12.0 Å². The van der Waals surface area contributed by atoms with Gasteiger partial charge in [0.25, 0.3) is 5.56 Å². The van der Waals surface area contributed by atoms with Crippen LogP contribution in [0.5, 0.6) is 0 Å². The summed E-state index contributed by atoms with van der Waals surface area (Å²) in [4.78, 5) is 20.7. The maximum atomic E-state index is 12.3. The number of nitrogens with two attached hydrogens (primary N) is 1. The third-order valence-corrected chi connectivity index (χ3v) is 6.23. The van der Waals surface area contributed by atoms with Gasteiger partial charge < -0.3 is 5.73 Å². The van der Waals surface area contributed by atoms with Gasteiger partial charge in [-0.25, -0.2) is 8.42 Å². The molecule has 0 amide bonds. The molecule has 0 saturated heterocycles. The summed E-state index contributed by atoms with van der Waals surface area (Å²) >= 11 is 0.798. The fourth-order valence-electron chi connectivity index (χ4n) is 2.46. The molecule has 1 aliphatic heterocycles. The number of benzene rings is 1. The minimum absolute atomic E-state index is 0.0337. The van der Waals surface area contributed by atoms with Crippen LogP contribution in [0.25, 0.3) is 16.6 Å². The molecule has 1 aromatic carbocycles. The van der Waals surface area contributed by atoms with Crippen molar-refractivity contribution >= 4 is 55.5 Å². The Morgan fingerprint density at radius 3 is 2.80 bits per heavy atom. The van der Waals surface area contributed by atoms with E-state index in [1.54, 1.807) is 12.3 Å². The van der Waals surface area contributed by atoms with E-state index in [0.717, 1.165) is 34.4 Å². The Balaban J connectivity index is 1.94. The van der Waals surface area contributed by atoms with Crippen LogP contribution < -0.4 is 11.3 Å². The van der Waals surface area contributed by atoms with E-state index < -0.39 is 15.4 Å². The highest BCUT2D eigenvalue weighted by Crippen LogP contribution is 2.32. The maximum absolute atomic E-state index is 12.3. The molecule has 2 aromatic heterocycles. The van der Waals surface area contributed by atoms with E-state index in [-0.39, 0.29) is 20.7 Å². The van der Waals surface area contributed by atoms with E-state index in [4.69, 9.17) is 5.73 Å². The van der Waals surface area contributed by atoms with Gasteiger partial charge in [0.2, 0.25) is 19.1 Å². The topological polar surface area (TPSA) is 120 Å². The summed E-state index contributed by atoms with van der Waals surface area (Å²) in [6, 6.07) is 7.50. The highest BCUT2D eigenvalue weighted by molar-refractivity contribution is 7.92. The molecule has 3 heterocycles. The number of sulfone groups is 1. The normalized spacial score (nSPS) is 15.2. The number of anilines is 1. The summed E-state index contributed by atoms with van der Waals surface area (Å²) in [5.41, 5.74) is 8.05. The van der Waals surface area contributed by atoms with Crippen molar-refractivity contribution in [1.82, 2.24) is 14.6 Å². The van der Waals surface area contributed by atoms with Crippen LogP contribution in [-0.4, -0.2) is 35.5 Å². The largest absolute Gasteiger partial charge is 0.383 e. The molecule has 0 saturated carbocycles. The Labute approximate surface area is 145 Å². The minimum Gasteiger partial charge on any atom is -0.383 e. The van der Waals surface area contributed by atoms with Gasteiger partial charge in [-0.05, 0) is 12.1 Å². The van der Waals surface area contributed by atoms with Gasteiger partial charge >= 0.3 is 0 Å². The van der Waals surface area contributed by atoms with Gasteiger partial charge in [-0.3, -0.25) is 9.79 Å². The van der Waals surface area contributed by atoms with E-state index in [9.17, 15) is 13.2 Å². The summed E-state index contributed by atoms with van der Waals surface area (Å²) in [5, 5.41) is 3.96. The van der Waals surface area contributed by atoms with Crippen LogP contribution in [-0.2, 0) is 9.84 Å². The number of nitrogen functional groups attached to an aromatic ring is 1. The quantitative estimate of drug-likeness (QED) is 0.725. The van der Waals surface area contributed by atoms with E-state index in [1.807, 2.05) is 24.3 Å². The van der Waals surface area contributed by atoms with Crippen LogP contribution in [0.1, 0.15) is 11.1 Å². The van der Waals surface area contributed by atoms with Gasteiger partial charge in [-0.2, -0.15) is 9.50 Å². The van der Waals surface area contributed by atoms with E-state index in [0.29, 0.717) is 0 Å². The van der Waals surface area contributed by atoms with Crippen LogP contribution in [0.2, 0.25) is 0 Å². The first-order valence-electron chi connectivity index (χ1n) is 7.09. The predicted octanol–water partition coefficient (Wildman–Crippen LogP) is 1.39. The number of allylic oxidation sites excluding steroid dienone is 1. The van der Waals surface area contributed by atoms with Crippen molar-refractivity contribution in [2.24, 2.45) is 4.99 Å². The second kappa shape index (κ2) is 5.33. The molecule has 25 heavy (non-hydrogen) atoms. The molecule has 0 bridgehead atoms. The number of fused-ring (bicyclic) bond motifs is 2. The average molecular weight is 373 g/mol. The molecule has 0 aliphatic carbocycles. The third-order valence-electron chi connectivity index (χ3n) is 3.65. The first kappa shape index (κ1) is 15.7. The number of aliphatic imine (C=N–C) groups is 1. The Morgan fingerprint density at radius 1 is 1.28 bits per heavy atom. The first-order valence-corrected chi connectivity index (χ1v) is 9.80. The smallest absolute Gasteiger partial charge is 0.283 e. The molecule has 126 valence electrons. The second-order valence-corrected chi connectivity index (χ2v) is 8.57. The summed E-state index contributed by atoms with van der Waals surface area (Å²) < 4.78 is 24.3. The van der Waals surface area contributed by atoms with Crippen molar-refractivity contribution in [1.29, 1.82) is 0 Å². The van der Waals surface area contributed by atoms with E-state index in [2.05, 4.69) is 15.1 Å².